The Balaban J connectivity index is 2.43. The minimum Gasteiger partial charge on any atom is -0.274 e. The minimum atomic E-state index is -0.156. The molecular weight excluding hydrogens is 160 g/mol. The molecule has 1 amide bonds. The number of rotatable bonds is 2. The second kappa shape index (κ2) is 3.88. The van der Waals surface area contributed by atoms with Crippen molar-refractivity contribution in [2.45, 2.75) is 6.92 Å². The molecule has 0 aliphatic heterocycles. The molecule has 1 N–H and O–H groups in total. The third kappa shape index (κ3) is 2.95. The smallest absolute Gasteiger partial charge is 0.236 e. The van der Waals surface area contributed by atoms with Gasteiger partial charge in [0, 0.05) is 12.5 Å². The summed E-state index contributed by atoms with van der Waals surface area (Å²) < 4.78 is 0. The fourth-order valence-electron chi connectivity index (χ4n) is 0.546. The zero-order valence-electron chi connectivity index (χ0n) is 6.07. The third-order valence-corrected chi connectivity index (χ3v) is 1.68. The maximum Gasteiger partial charge on any atom is 0.236 e. The monoisotopic (exact) mass is 168 g/mol. The molecule has 1 rings (SSSR count). The van der Waals surface area contributed by atoms with Crippen LogP contribution in [0, 0.1) is 0 Å². The van der Waals surface area contributed by atoms with Crippen LogP contribution < -0.4 is 5.43 Å². The highest BCUT2D eigenvalue weighted by Gasteiger charge is 1.86. The Bertz CT molecular complexity index is 253. The molecule has 58 valence electrons. The van der Waals surface area contributed by atoms with Crippen molar-refractivity contribution in [3.63, 3.8) is 0 Å². The Morgan fingerprint density at radius 2 is 2.64 bits per heavy atom. The van der Waals surface area contributed by atoms with E-state index in [1.165, 1.54) is 6.92 Å². The number of hydrogen-bond donors (Lipinski definition) is 1. The predicted molar refractivity (Wildman–Crippen MR) is 45.7 cm³/mol. The standard InChI is InChI=1S/C7H8N2OS/c1-6(10)9-8-4-7-2-3-11-5-7/h2-5H,1H3,(H,9,10). The van der Waals surface area contributed by atoms with Crippen LogP contribution in [0.3, 0.4) is 0 Å². The Kier molecular flexibility index (Phi) is 2.80. The molecule has 11 heavy (non-hydrogen) atoms. The number of hydrogen-bond acceptors (Lipinski definition) is 3. The van der Waals surface area contributed by atoms with E-state index in [1.54, 1.807) is 17.6 Å². The molecule has 0 aromatic carbocycles. The van der Waals surface area contributed by atoms with Crippen molar-refractivity contribution in [3.05, 3.63) is 22.4 Å². The van der Waals surface area contributed by atoms with Crippen LogP contribution in [0.15, 0.2) is 21.9 Å². The molecule has 1 aromatic heterocycles. The van der Waals surface area contributed by atoms with Crippen molar-refractivity contribution < 1.29 is 4.79 Å². The van der Waals surface area contributed by atoms with E-state index in [9.17, 15) is 4.79 Å². The second-order valence-corrected chi connectivity index (χ2v) is 2.76. The summed E-state index contributed by atoms with van der Waals surface area (Å²) in [6, 6.07) is 1.93. The summed E-state index contributed by atoms with van der Waals surface area (Å²) in [7, 11) is 0. The molecule has 0 radical (unpaired) electrons. The quantitative estimate of drug-likeness (QED) is 0.523. The topological polar surface area (TPSA) is 41.5 Å². The summed E-state index contributed by atoms with van der Waals surface area (Å²) in [4.78, 5) is 10.3. The number of carbonyl (C=O) groups excluding carboxylic acids is 1. The first-order valence-electron chi connectivity index (χ1n) is 3.11. The fourth-order valence-corrected chi connectivity index (χ4v) is 1.16. The Labute approximate surface area is 68.7 Å². The van der Waals surface area contributed by atoms with Crippen molar-refractivity contribution in [3.8, 4) is 0 Å². The highest BCUT2D eigenvalue weighted by Crippen LogP contribution is 2.01. The molecule has 0 unspecified atom stereocenters. The Morgan fingerprint density at radius 1 is 1.82 bits per heavy atom. The van der Waals surface area contributed by atoms with Crippen LogP contribution in [0.1, 0.15) is 12.5 Å². The zero-order valence-corrected chi connectivity index (χ0v) is 6.89. The largest absolute Gasteiger partial charge is 0.274 e. The van der Waals surface area contributed by atoms with E-state index in [0.717, 1.165) is 5.56 Å². The number of nitrogens with one attached hydrogen (secondary N) is 1. The lowest BCUT2D eigenvalue weighted by molar-refractivity contribution is -0.118. The molecule has 0 saturated carbocycles. The van der Waals surface area contributed by atoms with Gasteiger partial charge < -0.3 is 0 Å². The molecule has 0 saturated heterocycles. The number of amides is 1. The number of hydrazone groups is 1. The summed E-state index contributed by atoms with van der Waals surface area (Å²) in [5, 5.41) is 7.60. The van der Waals surface area contributed by atoms with Gasteiger partial charge in [0.05, 0.1) is 6.21 Å². The lowest BCUT2D eigenvalue weighted by atomic mass is 10.4. The van der Waals surface area contributed by atoms with Gasteiger partial charge >= 0.3 is 0 Å². The molecule has 0 aliphatic carbocycles. The van der Waals surface area contributed by atoms with Gasteiger partial charge in [0.25, 0.3) is 0 Å². The molecule has 3 nitrogen and oxygen atoms in total. The van der Waals surface area contributed by atoms with Crippen LogP contribution in [-0.2, 0) is 4.79 Å². The molecule has 0 bridgehead atoms. The second-order valence-electron chi connectivity index (χ2n) is 1.98. The van der Waals surface area contributed by atoms with E-state index in [1.807, 2.05) is 16.8 Å². The van der Waals surface area contributed by atoms with Gasteiger partial charge in [-0.1, -0.05) is 0 Å². The lowest BCUT2D eigenvalue weighted by Crippen LogP contribution is -2.11. The van der Waals surface area contributed by atoms with Crippen LogP contribution in [-0.4, -0.2) is 12.1 Å². The first-order chi connectivity index (χ1) is 5.29. The number of thiophene rings is 1. The third-order valence-electron chi connectivity index (χ3n) is 0.979. The Morgan fingerprint density at radius 3 is 3.18 bits per heavy atom. The molecule has 0 fully saturated rings. The van der Waals surface area contributed by atoms with Gasteiger partial charge in [-0.2, -0.15) is 16.4 Å². The van der Waals surface area contributed by atoms with Crippen molar-refractivity contribution in [2.75, 3.05) is 0 Å². The van der Waals surface area contributed by atoms with E-state index >= 15 is 0 Å². The van der Waals surface area contributed by atoms with E-state index in [2.05, 4.69) is 10.5 Å². The van der Waals surface area contributed by atoms with Crippen LogP contribution in [0.2, 0.25) is 0 Å². The van der Waals surface area contributed by atoms with E-state index < -0.39 is 0 Å². The van der Waals surface area contributed by atoms with Crippen LogP contribution in [0.25, 0.3) is 0 Å². The van der Waals surface area contributed by atoms with Crippen molar-refractivity contribution in [2.24, 2.45) is 5.10 Å². The predicted octanol–water partition coefficient (Wildman–Crippen LogP) is 1.22. The molecule has 1 heterocycles. The molecule has 1 aromatic rings. The number of carbonyl (C=O) groups is 1. The summed E-state index contributed by atoms with van der Waals surface area (Å²) in [5.41, 5.74) is 3.32. The summed E-state index contributed by atoms with van der Waals surface area (Å²) in [6.45, 7) is 1.42. The molecule has 0 atom stereocenters. The first-order valence-corrected chi connectivity index (χ1v) is 4.05. The van der Waals surface area contributed by atoms with Gasteiger partial charge in [0.2, 0.25) is 5.91 Å². The van der Waals surface area contributed by atoms with Crippen molar-refractivity contribution >= 4 is 23.5 Å². The van der Waals surface area contributed by atoms with Gasteiger partial charge in [0.1, 0.15) is 0 Å². The maximum absolute atomic E-state index is 10.3. The number of nitrogens with zero attached hydrogens (tertiary/aromatic N) is 1. The van der Waals surface area contributed by atoms with Crippen molar-refractivity contribution in [1.29, 1.82) is 0 Å². The van der Waals surface area contributed by atoms with Gasteiger partial charge in [-0.15, -0.1) is 0 Å². The first kappa shape index (κ1) is 7.94. The highest BCUT2D eigenvalue weighted by molar-refractivity contribution is 7.08. The highest BCUT2D eigenvalue weighted by atomic mass is 32.1. The van der Waals surface area contributed by atoms with E-state index in [4.69, 9.17) is 0 Å². The van der Waals surface area contributed by atoms with Crippen LogP contribution in [0.4, 0.5) is 0 Å². The van der Waals surface area contributed by atoms with Gasteiger partial charge in [-0.3, -0.25) is 4.79 Å². The lowest BCUT2D eigenvalue weighted by Gasteiger charge is -1.88. The van der Waals surface area contributed by atoms with Crippen LogP contribution >= 0.6 is 11.3 Å². The molecule has 0 aliphatic rings. The average molecular weight is 168 g/mol. The van der Waals surface area contributed by atoms with E-state index in [0.29, 0.717) is 0 Å². The normalized spacial score (nSPS) is 10.3. The maximum atomic E-state index is 10.3. The van der Waals surface area contributed by atoms with Crippen molar-refractivity contribution in [1.82, 2.24) is 5.43 Å². The molecule has 4 heteroatoms. The fraction of sp³-hybridized carbons (Fsp3) is 0.143. The minimum absolute atomic E-state index is 0.156. The van der Waals surface area contributed by atoms with E-state index in [-0.39, 0.29) is 5.91 Å². The molecular formula is C7H8N2OS. The van der Waals surface area contributed by atoms with Gasteiger partial charge in [-0.05, 0) is 16.8 Å². The van der Waals surface area contributed by atoms with Gasteiger partial charge in [-0.25, -0.2) is 5.43 Å². The average Bonchev–Trinajstić information content (AvgIpc) is 2.39. The summed E-state index contributed by atoms with van der Waals surface area (Å²) in [5.74, 6) is -0.156. The Hall–Kier alpha value is -1.16. The van der Waals surface area contributed by atoms with Gasteiger partial charge in [0.15, 0.2) is 0 Å². The summed E-state index contributed by atoms with van der Waals surface area (Å²) in [6.07, 6.45) is 1.61. The summed E-state index contributed by atoms with van der Waals surface area (Å²) >= 11 is 1.59. The molecule has 0 spiro atoms. The van der Waals surface area contributed by atoms with Crippen LogP contribution in [0.5, 0.6) is 0 Å². The zero-order chi connectivity index (χ0) is 8.10. The SMILES string of the molecule is CC(=O)NN=Cc1ccsc1.